The number of hydrogen-bond donors (Lipinski definition) is 2. The number of hydrogen-bond acceptors (Lipinski definition) is 3. The zero-order valence-corrected chi connectivity index (χ0v) is 16.8. The lowest BCUT2D eigenvalue weighted by molar-refractivity contribution is -0.148. The quantitative estimate of drug-likeness (QED) is 0.517. The molecule has 0 radical (unpaired) electrons. The van der Waals surface area contributed by atoms with E-state index in [0.717, 1.165) is 44.9 Å². The van der Waals surface area contributed by atoms with Crippen LogP contribution in [0.4, 0.5) is 13.2 Å². The molecule has 0 bridgehead atoms. The van der Waals surface area contributed by atoms with Crippen LogP contribution in [0.2, 0.25) is 0 Å². The molecular weight excluding hydrogens is 355 g/mol. The van der Waals surface area contributed by atoms with Crippen LogP contribution in [0.1, 0.15) is 45.4 Å². The normalized spacial score (nSPS) is 24.2. The predicted molar refractivity (Wildman–Crippen MR) is 104 cm³/mol. The Labute approximate surface area is 161 Å². The summed E-state index contributed by atoms with van der Waals surface area (Å²) >= 11 is 0. The van der Waals surface area contributed by atoms with Gasteiger partial charge >= 0.3 is 6.18 Å². The first-order valence-corrected chi connectivity index (χ1v) is 10.4. The first kappa shape index (κ1) is 22.3. The minimum Gasteiger partial charge on any atom is -0.356 e. The van der Waals surface area contributed by atoms with Gasteiger partial charge in [-0.25, -0.2) is 0 Å². The largest absolute Gasteiger partial charge is 0.401 e. The van der Waals surface area contributed by atoms with Gasteiger partial charge in [-0.2, -0.15) is 13.2 Å². The molecule has 2 saturated heterocycles. The van der Waals surface area contributed by atoms with Crippen molar-refractivity contribution in [3.8, 4) is 0 Å². The summed E-state index contributed by atoms with van der Waals surface area (Å²) in [4.78, 5) is 8.35. The molecular formula is C19H36F3N5. The van der Waals surface area contributed by atoms with Gasteiger partial charge in [-0.05, 0) is 64.2 Å². The van der Waals surface area contributed by atoms with Crippen molar-refractivity contribution in [2.24, 2.45) is 10.9 Å². The van der Waals surface area contributed by atoms with Crippen LogP contribution in [0, 0.1) is 5.92 Å². The van der Waals surface area contributed by atoms with Crippen LogP contribution < -0.4 is 10.6 Å². The van der Waals surface area contributed by atoms with Gasteiger partial charge in [0.2, 0.25) is 0 Å². The van der Waals surface area contributed by atoms with Gasteiger partial charge in [-0.15, -0.1) is 0 Å². The average Bonchev–Trinajstić information content (AvgIpc) is 2.65. The third-order valence-electron chi connectivity index (χ3n) is 5.84. The van der Waals surface area contributed by atoms with Gasteiger partial charge in [-0.1, -0.05) is 13.3 Å². The Morgan fingerprint density at radius 3 is 2.44 bits per heavy atom. The van der Waals surface area contributed by atoms with E-state index in [2.05, 4.69) is 27.4 Å². The zero-order valence-electron chi connectivity index (χ0n) is 16.8. The average molecular weight is 392 g/mol. The van der Waals surface area contributed by atoms with Crippen LogP contribution >= 0.6 is 0 Å². The van der Waals surface area contributed by atoms with Gasteiger partial charge in [0.05, 0.1) is 6.54 Å². The van der Waals surface area contributed by atoms with Crippen molar-refractivity contribution in [3.05, 3.63) is 0 Å². The monoisotopic (exact) mass is 391 g/mol. The summed E-state index contributed by atoms with van der Waals surface area (Å²) in [5, 5.41) is 6.80. The number of nitrogens with one attached hydrogen (secondary N) is 2. The number of nitrogens with zero attached hydrogens (tertiary/aromatic N) is 3. The van der Waals surface area contributed by atoms with Crippen molar-refractivity contribution < 1.29 is 13.2 Å². The Balaban J connectivity index is 1.61. The van der Waals surface area contributed by atoms with E-state index < -0.39 is 12.7 Å². The number of likely N-dealkylation sites (tertiary alicyclic amines) is 2. The third kappa shape index (κ3) is 8.25. The fourth-order valence-corrected chi connectivity index (χ4v) is 4.22. The summed E-state index contributed by atoms with van der Waals surface area (Å²) in [5.41, 5.74) is 0. The highest BCUT2D eigenvalue weighted by Crippen LogP contribution is 2.24. The summed E-state index contributed by atoms with van der Waals surface area (Å²) in [6, 6.07) is 0.570. The van der Waals surface area contributed by atoms with E-state index in [4.69, 9.17) is 0 Å². The highest BCUT2D eigenvalue weighted by atomic mass is 19.4. The highest BCUT2D eigenvalue weighted by molar-refractivity contribution is 5.79. The van der Waals surface area contributed by atoms with Crippen LogP contribution in [0.5, 0.6) is 0 Å². The second-order valence-electron chi connectivity index (χ2n) is 7.78. The number of guanidine groups is 1. The molecule has 2 rings (SSSR count). The molecule has 0 aromatic heterocycles. The summed E-state index contributed by atoms with van der Waals surface area (Å²) in [7, 11) is 1.78. The standard InChI is InChI=1S/C19H36F3N5/c1-3-27-11-5-4-6-17(27)14-25-18(23-2)24-10-7-16-8-12-26(13-9-16)15-19(20,21)22/h16-17H,3-15H2,1-2H3,(H2,23,24,25). The Morgan fingerprint density at radius 1 is 1.07 bits per heavy atom. The van der Waals surface area contributed by atoms with Crippen LogP contribution in [-0.4, -0.2) is 80.8 Å². The lowest BCUT2D eigenvalue weighted by Crippen LogP contribution is -2.49. The Hall–Kier alpha value is -1.02. The first-order valence-electron chi connectivity index (χ1n) is 10.4. The molecule has 0 aliphatic carbocycles. The summed E-state index contributed by atoms with van der Waals surface area (Å²) in [6.07, 6.45) is 2.40. The molecule has 158 valence electrons. The number of aliphatic imine (C=N–C) groups is 1. The molecule has 2 N–H and O–H groups in total. The lowest BCUT2D eigenvalue weighted by Gasteiger charge is -2.35. The first-order chi connectivity index (χ1) is 12.9. The van der Waals surface area contributed by atoms with Gasteiger partial charge in [0, 0.05) is 26.2 Å². The van der Waals surface area contributed by atoms with Crippen LogP contribution in [0.3, 0.4) is 0 Å². The number of likely N-dealkylation sites (N-methyl/N-ethyl adjacent to an activating group) is 1. The molecule has 2 fully saturated rings. The minimum absolute atomic E-state index is 0.494. The molecule has 0 aromatic carbocycles. The van der Waals surface area contributed by atoms with E-state index in [1.54, 1.807) is 7.05 Å². The topological polar surface area (TPSA) is 42.9 Å². The van der Waals surface area contributed by atoms with Crippen molar-refractivity contribution in [2.75, 3.05) is 52.9 Å². The van der Waals surface area contributed by atoms with Crippen molar-refractivity contribution in [2.45, 2.75) is 57.7 Å². The minimum atomic E-state index is -4.09. The SMILES string of the molecule is CCN1CCCCC1CNC(=NC)NCCC1CCN(CC(F)(F)F)CC1. The second kappa shape index (κ2) is 11.1. The predicted octanol–water partition coefficient (Wildman–Crippen LogP) is 2.69. The number of alkyl halides is 3. The van der Waals surface area contributed by atoms with Crippen LogP contribution in [-0.2, 0) is 0 Å². The van der Waals surface area contributed by atoms with E-state index >= 15 is 0 Å². The van der Waals surface area contributed by atoms with Crippen LogP contribution in [0.15, 0.2) is 4.99 Å². The summed E-state index contributed by atoms with van der Waals surface area (Å²) < 4.78 is 37.3. The molecule has 0 amide bonds. The molecule has 0 saturated carbocycles. The van der Waals surface area contributed by atoms with Crippen LogP contribution in [0.25, 0.3) is 0 Å². The maximum atomic E-state index is 12.4. The zero-order chi connectivity index (χ0) is 19.7. The molecule has 27 heavy (non-hydrogen) atoms. The lowest BCUT2D eigenvalue weighted by atomic mass is 9.93. The maximum absolute atomic E-state index is 12.4. The van der Waals surface area contributed by atoms with Gasteiger partial charge in [0.25, 0.3) is 0 Å². The molecule has 0 aromatic rings. The Bertz CT molecular complexity index is 447. The Kier molecular flexibility index (Phi) is 9.15. The molecule has 2 heterocycles. The molecule has 1 unspecified atom stereocenters. The third-order valence-corrected chi connectivity index (χ3v) is 5.84. The van der Waals surface area contributed by atoms with E-state index in [1.807, 2.05) is 0 Å². The second-order valence-corrected chi connectivity index (χ2v) is 7.78. The van der Waals surface area contributed by atoms with E-state index in [1.165, 1.54) is 30.7 Å². The fourth-order valence-electron chi connectivity index (χ4n) is 4.22. The number of halogens is 3. The number of rotatable bonds is 7. The molecule has 1 atom stereocenters. The molecule has 8 heteroatoms. The molecule has 2 aliphatic heterocycles. The molecule has 0 spiro atoms. The van der Waals surface area contributed by atoms with Gasteiger partial charge in [-0.3, -0.25) is 14.8 Å². The summed E-state index contributed by atoms with van der Waals surface area (Å²) in [6.45, 7) is 6.52. The van der Waals surface area contributed by atoms with E-state index in [0.29, 0.717) is 25.0 Å². The maximum Gasteiger partial charge on any atom is 0.401 e. The van der Waals surface area contributed by atoms with Crippen molar-refractivity contribution in [1.29, 1.82) is 0 Å². The smallest absolute Gasteiger partial charge is 0.356 e. The summed E-state index contributed by atoms with van der Waals surface area (Å²) in [5.74, 6) is 1.32. The van der Waals surface area contributed by atoms with Crippen molar-refractivity contribution in [3.63, 3.8) is 0 Å². The Morgan fingerprint density at radius 2 is 1.81 bits per heavy atom. The van der Waals surface area contributed by atoms with E-state index in [9.17, 15) is 13.2 Å². The molecule has 5 nitrogen and oxygen atoms in total. The van der Waals surface area contributed by atoms with Gasteiger partial charge in [0.15, 0.2) is 5.96 Å². The highest BCUT2D eigenvalue weighted by Gasteiger charge is 2.32. The number of piperidine rings is 2. The van der Waals surface area contributed by atoms with Crippen molar-refractivity contribution in [1.82, 2.24) is 20.4 Å². The van der Waals surface area contributed by atoms with Gasteiger partial charge < -0.3 is 10.6 Å². The fraction of sp³-hybridized carbons (Fsp3) is 0.947. The molecule has 2 aliphatic rings. The van der Waals surface area contributed by atoms with E-state index in [-0.39, 0.29) is 0 Å². The van der Waals surface area contributed by atoms with Crippen molar-refractivity contribution >= 4 is 5.96 Å². The van der Waals surface area contributed by atoms with Gasteiger partial charge in [0.1, 0.15) is 0 Å².